The maximum atomic E-state index is 13.5. The number of carbonyl (C=O) groups is 3. The molecule has 7 nitrogen and oxygen atoms in total. The minimum absolute atomic E-state index is 0.109. The van der Waals surface area contributed by atoms with Gasteiger partial charge in [-0.05, 0) is 61.0 Å². The van der Waals surface area contributed by atoms with Crippen LogP contribution in [-0.4, -0.2) is 24.0 Å². The SMILES string of the molecule is Cc1ccc(C(=O)Oc2ccc(C=NNC(=O)C(=O)Nc3ccccc3F)cc2)cc1. The number of amides is 2. The number of hydrogen-bond acceptors (Lipinski definition) is 5. The largest absolute Gasteiger partial charge is 0.423 e. The predicted molar refractivity (Wildman–Crippen MR) is 113 cm³/mol. The minimum Gasteiger partial charge on any atom is -0.423 e. The van der Waals surface area contributed by atoms with Gasteiger partial charge in [0.15, 0.2) is 0 Å². The molecule has 0 aliphatic carbocycles. The number of hydrazone groups is 1. The Morgan fingerprint density at radius 2 is 1.58 bits per heavy atom. The number of esters is 1. The summed E-state index contributed by atoms with van der Waals surface area (Å²) in [6.45, 7) is 1.92. The number of rotatable bonds is 5. The van der Waals surface area contributed by atoms with Crippen LogP contribution in [0.1, 0.15) is 21.5 Å². The molecular weight excluding hydrogens is 401 g/mol. The van der Waals surface area contributed by atoms with Crippen LogP contribution in [0.15, 0.2) is 77.9 Å². The first kappa shape index (κ1) is 21.4. The van der Waals surface area contributed by atoms with E-state index in [1.165, 1.54) is 24.4 Å². The summed E-state index contributed by atoms with van der Waals surface area (Å²) in [7, 11) is 0. The van der Waals surface area contributed by atoms with Crippen molar-refractivity contribution in [3.8, 4) is 5.75 Å². The molecule has 0 aliphatic rings. The van der Waals surface area contributed by atoms with Crippen LogP contribution in [0.25, 0.3) is 0 Å². The standard InChI is InChI=1S/C23H18FN3O4/c1-15-6-10-17(11-7-15)23(30)31-18-12-8-16(9-13-18)14-25-27-22(29)21(28)26-20-5-3-2-4-19(20)24/h2-14H,1H3,(H,26,28)(H,27,29). The lowest BCUT2D eigenvalue weighted by molar-refractivity contribution is -0.136. The molecule has 0 unspecified atom stereocenters. The molecule has 0 fully saturated rings. The van der Waals surface area contributed by atoms with Crippen molar-refractivity contribution in [1.82, 2.24) is 5.43 Å². The number of nitrogens with zero attached hydrogens (tertiary/aromatic N) is 1. The number of nitrogens with one attached hydrogen (secondary N) is 2. The second-order valence-corrected chi connectivity index (χ2v) is 6.46. The predicted octanol–water partition coefficient (Wildman–Crippen LogP) is 3.44. The third-order valence-corrected chi connectivity index (χ3v) is 4.09. The summed E-state index contributed by atoms with van der Waals surface area (Å²) in [4.78, 5) is 35.7. The molecule has 0 aliphatic heterocycles. The number of carbonyl (C=O) groups excluding carboxylic acids is 3. The first-order chi connectivity index (χ1) is 14.9. The zero-order valence-electron chi connectivity index (χ0n) is 16.5. The van der Waals surface area contributed by atoms with Crippen LogP contribution in [0.4, 0.5) is 10.1 Å². The van der Waals surface area contributed by atoms with Gasteiger partial charge >= 0.3 is 17.8 Å². The highest BCUT2D eigenvalue weighted by molar-refractivity contribution is 6.39. The Bertz CT molecular complexity index is 1130. The van der Waals surface area contributed by atoms with Crippen molar-refractivity contribution >= 4 is 29.7 Å². The van der Waals surface area contributed by atoms with Gasteiger partial charge in [-0.2, -0.15) is 5.10 Å². The number of anilines is 1. The van der Waals surface area contributed by atoms with Crippen molar-refractivity contribution in [3.05, 3.63) is 95.3 Å². The Morgan fingerprint density at radius 3 is 2.26 bits per heavy atom. The van der Waals surface area contributed by atoms with Gasteiger partial charge in [0, 0.05) is 0 Å². The molecule has 0 spiro atoms. The number of para-hydroxylation sites is 1. The molecule has 8 heteroatoms. The molecule has 0 saturated heterocycles. The van der Waals surface area contributed by atoms with E-state index >= 15 is 0 Å². The average Bonchev–Trinajstić information content (AvgIpc) is 2.77. The fraction of sp³-hybridized carbons (Fsp3) is 0.0435. The van der Waals surface area contributed by atoms with E-state index in [0.29, 0.717) is 16.9 Å². The zero-order chi connectivity index (χ0) is 22.2. The van der Waals surface area contributed by atoms with Crippen LogP contribution in [0.5, 0.6) is 5.75 Å². The third-order valence-electron chi connectivity index (χ3n) is 4.09. The molecule has 0 bridgehead atoms. The number of aryl methyl sites for hydroxylation is 1. The van der Waals surface area contributed by atoms with E-state index in [0.717, 1.165) is 11.6 Å². The van der Waals surface area contributed by atoms with Crippen LogP contribution in [0.2, 0.25) is 0 Å². The Balaban J connectivity index is 1.51. The van der Waals surface area contributed by atoms with Crippen molar-refractivity contribution in [2.75, 3.05) is 5.32 Å². The van der Waals surface area contributed by atoms with Gasteiger partial charge in [0.25, 0.3) is 0 Å². The molecule has 3 aromatic rings. The summed E-state index contributed by atoms with van der Waals surface area (Å²) in [5, 5.41) is 5.84. The quantitative estimate of drug-likeness (QED) is 0.218. The monoisotopic (exact) mass is 419 g/mol. The first-order valence-electron chi connectivity index (χ1n) is 9.20. The van der Waals surface area contributed by atoms with E-state index in [1.807, 2.05) is 19.1 Å². The lowest BCUT2D eigenvalue weighted by Gasteiger charge is -2.05. The number of halogens is 1. The van der Waals surface area contributed by atoms with Crippen molar-refractivity contribution < 1.29 is 23.5 Å². The lowest BCUT2D eigenvalue weighted by atomic mass is 10.1. The van der Waals surface area contributed by atoms with E-state index in [1.54, 1.807) is 36.4 Å². The maximum absolute atomic E-state index is 13.5. The second kappa shape index (κ2) is 9.93. The highest BCUT2D eigenvalue weighted by Gasteiger charge is 2.14. The van der Waals surface area contributed by atoms with Crippen LogP contribution in [0, 0.1) is 12.7 Å². The molecule has 3 rings (SSSR count). The lowest BCUT2D eigenvalue weighted by Crippen LogP contribution is -2.32. The van der Waals surface area contributed by atoms with E-state index in [9.17, 15) is 18.8 Å². The topological polar surface area (TPSA) is 96.9 Å². The van der Waals surface area contributed by atoms with Gasteiger partial charge in [-0.15, -0.1) is 0 Å². The molecule has 2 N–H and O–H groups in total. The summed E-state index contributed by atoms with van der Waals surface area (Å²) in [6, 6.07) is 18.9. The summed E-state index contributed by atoms with van der Waals surface area (Å²) < 4.78 is 18.8. The zero-order valence-corrected chi connectivity index (χ0v) is 16.5. The first-order valence-corrected chi connectivity index (χ1v) is 9.20. The van der Waals surface area contributed by atoms with Crippen LogP contribution < -0.4 is 15.5 Å². The van der Waals surface area contributed by atoms with Gasteiger partial charge < -0.3 is 10.1 Å². The highest BCUT2D eigenvalue weighted by Crippen LogP contribution is 2.14. The fourth-order valence-corrected chi connectivity index (χ4v) is 2.44. The van der Waals surface area contributed by atoms with Crippen molar-refractivity contribution in [3.63, 3.8) is 0 Å². The molecular formula is C23H18FN3O4. The van der Waals surface area contributed by atoms with E-state index in [2.05, 4.69) is 15.8 Å². The number of ether oxygens (including phenoxy) is 1. The summed E-state index contributed by atoms with van der Waals surface area (Å²) in [5.41, 5.74) is 4.01. The average molecular weight is 419 g/mol. The molecule has 2 amide bonds. The van der Waals surface area contributed by atoms with Crippen molar-refractivity contribution in [2.24, 2.45) is 5.10 Å². The number of hydrogen-bond donors (Lipinski definition) is 2. The number of benzene rings is 3. The smallest absolute Gasteiger partial charge is 0.343 e. The molecule has 0 heterocycles. The van der Waals surface area contributed by atoms with Crippen molar-refractivity contribution in [1.29, 1.82) is 0 Å². The molecule has 156 valence electrons. The van der Waals surface area contributed by atoms with Gasteiger partial charge in [0.1, 0.15) is 11.6 Å². The molecule has 3 aromatic carbocycles. The third kappa shape index (κ3) is 6.07. The van der Waals surface area contributed by atoms with Crippen molar-refractivity contribution in [2.45, 2.75) is 6.92 Å². The maximum Gasteiger partial charge on any atom is 0.343 e. The van der Waals surface area contributed by atoms with E-state index in [4.69, 9.17) is 4.74 Å². The van der Waals surface area contributed by atoms with Crippen LogP contribution >= 0.6 is 0 Å². The normalized spacial score (nSPS) is 10.5. The van der Waals surface area contributed by atoms with Gasteiger partial charge in [-0.3, -0.25) is 9.59 Å². The van der Waals surface area contributed by atoms with Gasteiger partial charge in [-0.25, -0.2) is 14.6 Å². The molecule has 0 radical (unpaired) electrons. The van der Waals surface area contributed by atoms with Crippen LogP contribution in [-0.2, 0) is 9.59 Å². The Kier molecular flexibility index (Phi) is 6.85. The van der Waals surface area contributed by atoms with E-state index < -0.39 is 23.6 Å². The second-order valence-electron chi connectivity index (χ2n) is 6.46. The molecule has 0 aromatic heterocycles. The summed E-state index contributed by atoms with van der Waals surface area (Å²) in [5.74, 6) is -2.90. The van der Waals surface area contributed by atoms with Crippen LogP contribution in [0.3, 0.4) is 0 Å². The Labute approximate surface area is 177 Å². The minimum atomic E-state index is -1.05. The molecule has 0 saturated carbocycles. The van der Waals surface area contributed by atoms with Gasteiger partial charge in [0.05, 0.1) is 17.5 Å². The molecule has 31 heavy (non-hydrogen) atoms. The summed E-state index contributed by atoms with van der Waals surface area (Å²) in [6.07, 6.45) is 1.31. The Hall–Kier alpha value is -4.33. The van der Waals surface area contributed by atoms with E-state index in [-0.39, 0.29) is 5.69 Å². The highest BCUT2D eigenvalue weighted by atomic mass is 19.1. The summed E-state index contributed by atoms with van der Waals surface area (Å²) >= 11 is 0. The van der Waals surface area contributed by atoms with Gasteiger partial charge in [-0.1, -0.05) is 29.8 Å². The molecule has 0 atom stereocenters. The fourth-order valence-electron chi connectivity index (χ4n) is 2.44. The van der Waals surface area contributed by atoms with Gasteiger partial charge in [0.2, 0.25) is 0 Å². The Morgan fingerprint density at radius 1 is 0.903 bits per heavy atom.